The maximum Gasteiger partial charge on any atom is 0.270 e. The van der Waals surface area contributed by atoms with Crippen LogP contribution in [0.5, 0.6) is 0 Å². The first kappa shape index (κ1) is 12.7. The second-order valence-electron chi connectivity index (χ2n) is 6.46. The maximum atomic E-state index is 6.65. The molecule has 3 aromatic rings. The highest BCUT2D eigenvalue weighted by atomic mass is 32.1. The molecule has 110 valence electrons. The summed E-state index contributed by atoms with van der Waals surface area (Å²) in [7, 11) is 0. The summed E-state index contributed by atoms with van der Waals surface area (Å²) >= 11 is 1.93. The van der Waals surface area contributed by atoms with Crippen LogP contribution in [0.25, 0.3) is 21.5 Å². The van der Waals surface area contributed by atoms with Crippen molar-refractivity contribution in [2.45, 2.75) is 38.5 Å². The van der Waals surface area contributed by atoms with Crippen molar-refractivity contribution in [3.8, 4) is 11.3 Å². The number of aromatic amines is 1. The van der Waals surface area contributed by atoms with Crippen molar-refractivity contribution in [1.29, 1.82) is 0 Å². The Kier molecular flexibility index (Phi) is 2.62. The van der Waals surface area contributed by atoms with Gasteiger partial charge in [-0.1, -0.05) is 29.5 Å². The Labute approximate surface area is 134 Å². The van der Waals surface area contributed by atoms with E-state index in [4.69, 9.17) is 5.73 Å². The molecule has 2 heterocycles. The third-order valence-corrected chi connectivity index (χ3v) is 6.44. The first-order valence-electron chi connectivity index (χ1n) is 8.19. The zero-order valence-electron chi connectivity index (χ0n) is 12.5. The first-order chi connectivity index (χ1) is 10.8. The summed E-state index contributed by atoms with van der Waals surface area (Å²) in [4.78, 5) is 6.57. The van der Waals surface area contributed by atoms with E-state index in [9.17, 15) is 0 Å². The number of nitrogen functional groups attached to an aromatic ring is 1. The molecule has 2 aliphatic rings. The highest BCUT2D eigenvalue weighted by Gasteiger charge is 2.29. The Bertz CT molecular complexity index is 907. The molecule has 2 aliphatic carbocycles. The maximum absolute atomic E-state index is 6.65. The summed E-state index contributed by atoms with van der Waals surface area (Å²) in [6.07, 6.45) is 7.20. The number of pyridine rings is 1. The number of fused-ring (bicyclic) bond motifs is 6. The van der Waals surface area contributed by atoms with Gasteiger partial charge in [0.05, 0.1) is 11.1 Å². The Morgan fingerprint density at radius 1 is 0.955 bits per heavy atom. The van der Waals surface area contributed by atoms with Gasteiger partial charge >= 0.3 is 0 Å². The lowest BCUT2D eigenvalue weighted by Crippen LogP contribution is -2.18. The van der Waals surface area contributed by atoms with E-state index in [1.807, 2.05) is 11.3 Å². The number of hydrogen-bond acceptors (Lipinski definition) is 2. The monoisotopic (exact) mass is 307 g/mol. The lowest BCUT2D eigenvalue weighted by molar-refractivity contribution is -0.328. The number of benzene rings is 1. The molecule has 5 rings (SSSR count). The number of thiophene rings is 1. The van der Waals surface area contributed by atoms with Crippen molar-refractivity contribution in [2.75, 3.05) is 5.73 Å². The van der Waals surface area contributed by atoms with Gasteiger partial charge in [-0.2, -0.15) is 4.98 Å². The smallest absolute Gasteiger partial charge is 0.270 e. The molecule has 0 saturated carbocycles. The summed E-state index contributed by atoms with van der Waals surface area (Å²) in [5.74, 6) is 0. The predicted molar refractivity (Wildman–Crippen MR) is 92.3 cm³/mol. The van der Waals surface area contributed by atoms with E-state index in [2.05, 4.69) is 29.2 Å². The fourth-order valence-electron chi connectivity index (χ4n) is 4.14. The summed E-state index contributed by atoms with van der Waals surface area (Å²) < 4.78 is 0. The Balaban J connectivity index is 1.85. The van der Waals surface area contributed by atoms with E-state index < -0.39 is 0 Å². The van der Waals surface area contributed by atoms with Crippen LogP contribution in [0.4, 0.5) is 5.69 Å². The van der Waals surface area contributed by atoms with Gasteiger partial charge in [0.25, 0.3) is 4.83 Å². The third-order valence-electron chi connectivity index (χ3n) is 5.24. The number of nitrogens with two attached hydrogens (primary N) is 1. The number of nitrogens with one attached hydrogen (secondary N) is 1. The number of aryl methyl sites for hydroxylation is 3. The molecule has 0 amide bonds. The first-order valence-corrected chi connectivity index (χ1v) is 9.00. The molecule has 22 heavy (non-hydrogen) atoms. The SMILES string of the molecule is Nc1c2c([nH+]c3sc4c(c13)CCCC4)-c1ccccc1CC2. The molecule has 2 aromatic heterocycles. The Morgan fingerprint density at radius 2 is 1.82 bits per heavy atom. The van der Waals surface area contributed by atoms with Crippen molar-refractivity contribution in [2.24, 2.45) is 0 Å². The van der Waals surface area contributed by atoms with Crippen LogP contribution in [0.15, 0.2) is 24.3 Å². The predicted octanol–water partition coefficient (Wildman–Crippen LogP) is 3.94. The Morgan fingerprint density at radius 3 is 2.77 bits per heavy atom. The minimum Gasteiger partial charge on any atom is -0.398 e. The van der Waals surface area contributed by atoms with Gasteiger partial charge in [0.1, 0.15) is 0 Å². The zero-order valence-corrected chi connectivity index (χ0v) is 13.4. The van der Waals surface area contributed by atoms with Gasteiger partial charge in [0.15, 0.2) is 0 Å². The van der Waals surface area contributed by atoms with Crippen LogP contribution in [0.2, 0.25) is 0 Å². The number of anilines is 1. The number of aromatic nitrogens is 1. The summed E-state index contributed by atoms with van der Waals surface area (Å²) in [5, 5.41) is 1.33. The van der Waals surface area contributed by atoms with Gasteiger partial charge in [-0.3, -0.25) is 0 Å². The van der Waals surface area contributed by atoms with Gasteiger partial charge in [-0.05, 0) is 55.7 Å². The van der Waals surface area contributed by atoms with E-state index in [0.29, 0.717) is 0 Å². The van der Waals surface area contributed by atoms with E-state index in [0.717, 1.165) is 18.5 Å². The van der Waals surface area contributed by atoms with Crippen LogP contribution in [0.1, 0.15) is 34.4 Å². The van der Waals surface area contributed by atoms with Crippen molar-refractivity contribution < 1.29 is 4.98 Å². The van der Waals surface area contributed by atoms with Gasteiger partial charge in [-0.25, -0.2) is 0 Å². The molecule has 1 aromatic carbocycles. The fourth-order valence-corrected chi connectivity index (χ4v) is 5.45. The van der Waals surface area contributed by atoms with Crippen LogP contribution in [0, 0.1) is 0 Å². The average molecular weight is 307 g/mol. The highest BCUT2D eigenvalue weighted by Crippen LogP contribution is 2.42. The van der Waals surface area contributed by atoms with Crippen molar-refractivity contribution in [3.63, 3.8) is 0 Å². The molecular formula is C19H19N2S+. The quantitative estimate of drug-likeness (QED) is 0.671. The summed E-state index contributed by atoms with van der Waals surface area (Å²) in [5.41, 5.74) is 14.6. The normalized spacial score (nSPS) is 16.2. The van der Waals surface area contributed by atoms with Crippen LogP contribution >= 0.6 is 11.3 Å². The molecular weight excluding hydrogens is 288 g/mol. The third kappa shape index (κ3) is 1.63. The molecule has 3 heteroatoms. The van der Waals surface area contributed by atoms with Gasteiger partial charge in [-0.15, -0.1) is 0 Å². The largest absolute Gasteiger partial charge is 0.398 e. The number of hydrogen-bond donors (Lipinski definition) is 1. The lowest BCUT2D eigenvalue weighted by Gasteiger charge is -2.17. The van der Waals surface area contributed by atoms with Crippen molar-refractivity contribution in [3.05, 3.63) is 45.8 Å². The molecule has 3 N–H and O–H groups in total. The Hall–Kier alpha value is -1.87. The van der Waals surface area contributed by atoms with Crippen LogP contribution in [0.3, 0.4) is 0 Å². The van der Waals surface area contributed by atoms with Crippen molar-refractivity contribution in [1.82, 2.24) is 0 Å². The fraction of sp³-hybridized carbons (Fsp3) is 0.316. The molecule has 0 spiro atoms. The van der Waals surface area contributed by atoms with Crippen molar-refractivity contribution >= 4 is 27.2 Å². The van der Waals surface area contributed by atoms with Gasteiger partial charge in [0.2, 0.25) is 5.69 Å². The minimum absolute atomic E-state index is 1.04. The van der Waals surface area contributed by atoms with Crippen LogP contribution < -0.4 is 10.7 Å². The van der Waals surface area contributed by atoms with E-state index >= 15 is 0 Å². The molecule has 0 saturated heterocycles. The average Bonchev–Trinajstić information content (AvgIpc) is 2.93. The summed E-state index contributed by atoms with van der Waals surface area (Å²) in [6, 6.07) is 8.73. The number of rotatable bonds is 0. The van der Waals surface area contributed by atoms with E-state index in [1.165, 1.54) is 63.8 Å². The molecule has 0 bridgehead atoms. The van der Waals surface area contributed by atoms with Gasteiger partial charge < -0.3 is 5.73 Å². The number of H-pyrrole nitrogens is 1. The lowest BCUT2D eigenvalue weighted by atomic mass is 9.86. The molecule has 0 fully saturated rings. The second kappa shape index (κ2) is 4.56. The molecule has 0 atom stereocenters. The molecule has 0 aliphatic heterocycles. The molecule has 0 radical (unpaired) electrons. The highest BCUT2D eigenvalue weighted by molar-refractivity contribution is 7.18. The van der Waals surface area contributed by atoms with E-state index in [1.54, 1.807) is 4.88 Å². The zero-order chi connectivity index (χ0) is 14.7. The van der Waals surface area contributed by atoms with Crippen LogP contribution in [-0.4, -0.2) is 0 Å². The van der Waals surface area contributed by atoms with E-state index in [-0.39, 0.29) is 0 Å². The minimum atomic E-state index is 1.04. The van der Waals surface area contributed by atoms with Gasteiger partial charge in [0, 0.05) is 16.0 Å². The summed E-state index contributed by atoms with van der Waals surface area (Å²) in [6.45, 7) is 0. The second-order valence-corrected chi connectivity index (χ2v) is 7.57. The van der Waals surface area contributed by atoms with Crippen LogP contribution in [-0.2, 0) is 25.7 Å². The topological polar surface area (TPSA) is 40.2 Å². The molecule has 2 nitrogen and oxygen atoms in total. The molecule has 0 unspecified atom stereocenters. The standard InChI is InChI=1S/C19H18N2S/c20-17-14-10-9-11-5-1-2-6-12(11)18(14)21-19-16(17)13-7-3-4-8-15(13)22-19/h1-2,5-6H,3-4,7-10H2,(H2,20,21)/p+1.